The van der Waals surface area contributed by atoms with E-state index in [1.54, 1.807) is 0 Å². The lowest BCUT2D eigenvalue weighted by atomic mass is 9.43. The highest BCUT2D eigenvalue weighted by Crippen LogP contribution is 2.68. The van der Waals surface area contributed by atoms with E-state index in [1.807, 2.05) is 14.1 Å². The van der Waals surface area contributed by atoms with Crippen LogP contribution in [-0.2, 0) is 14.9 Å². The van der Waals surface area contributed by atoms with Gasteiger partial charge in [0, 0.05) is 19.4 Å². The minimum atomic E-state index is -4.48. The van der Waals surface area contributed by atoms with Gasteiger partial charge >= 0.3 is 0 Å². The van der Waals surface area contributed by atoms with Gasteiger partial charge in [-0.2, -0.15) is 0 Å². The summed E-state index contributed by atoms with van der Waals surface area (Å²) in [4.78, 5) is 12.7. The van der Waals surface area contributed by atoms with Crippen molar-refractivity contribution < 1.29 is 42.7 Å². The van der Waals surface area contributed by atoms with Crippen LogP contribution < -0.4 is 5.32 Å². The van der Waals surface area contributed by atoms with Crippen LogP contribution in [0.2, 0.25) is 0 Å². The molecule has 11 heteroatoms. The van der Waals surface area contributed by atoms with Crippen molar-refractivity contribution in [1.29, 1.82) is 0 Å². The lowest BCUT2D eigenvalue weighted by molar-refractivity contribution is -0.893. The number of hydrogen-bond donors (Lipinski definition) is 5. The van der Waals surface area contributed by atoms with E-state index < -0.39 is 34.2 Å². The van der Waals surface area contributed by atoms with Gasteiger partial charge in [-0.15, -0.1) is 0 Å². The van der Waals surface area contributed by atoms with E-state index >= 15 is 0 Å². The molecule has 0 aromatic carbocycles. The molecule has 0 aromatic heterocycles. The Balaban J connectivity index is 1.27. The van der Waals surface area contributed by atoms with Crippen LogP contribution in [0.1, 0.15) is 85.0 Å². The number of aliphatic hydroxyl groups excluding tert-OH is 4. The van der Waals surface area contributed by atoms with Gasteiger partial charge in [-0.3, -0.25) is 4.79 Å². The molecule has 0 bridgehead atoms. The summed E-state index contributed by atoms with van der Waals surface area (Å²) in [5, 5.41) is 46.5. The fourth-order valence-corrected chi connectivity index (χ4v) is 11.0. The minimum Gasteiger partial charge on any atom is -0.748 e. The molecule has 4 aliphatic rings. The van der Waals surface area contributed by atoms with E-state index in [9.17, 15) is 38.2 Å². The molecule has 10 nitrogen and oxygen atoms in total. The quantitative estimate of drug-likeness (QED) is 0.124. The molecule has 1 amide bonds. The zero-order valence-electron chi connectivity index (χ0n) is 27.0. The molecule has 5 N–H and O–H groups in total. The van der Waals surface area contributed by atoms with Gasteiger partial charge in [0.05, 0.1) is 54.8 Å². The molecule has 0 aromatic rings. The molecule has 0 heterocycles. The first-order valence-electron chi connectivity index (χ1n) is 16.6. The molecule has 0 aliphatic heterocycles. The average Bonchev–Trinajstić information content (AvgIpc) is 3.24. The SMILES string of the molecule is CC(CCC(=O)NCCC[N+](C)(C)CC(O)CS(=O)(=O)[O-])C1CCC2C3C(C[C@H](O)C12C)C1(C)CC[C@@H](O)CC1C[C@H]3O. The van der Waals surface area contributed by atoms with Crippen molar-refractivity contribution in [3.8, 4) is 0 Å². The van der Waals surface area contributed by atoms with E-state index in [4.69, 9.17) is 0 Å². The maximum Gasteiger partial charge on any atom is 0.220 e. The van der Waals surface area contributed by atoms with Gasteiger partial charge in [-0.25, -0.2) is 8.42 Å². The number of likely N-dealkylation sites (N-methyl/N-ethyl adjacent to an activating group) is 1. The number of rotatable bonds is 12. The number of hydrogen-bond acceptors (Lipinski definition) is 8. The molecular formula is C32H58N2O8S. The Labute approximate surface area is 259 Å². The van der Waals surface area contributed by atoms with E-state index in [2.05, 4.69) is 26.1 Å². The smallest absolute Gasteiger partial charge is 0.220 e. The zero-order valence-corrected chi connectivity index (χ0v) is 27.8. The number of carbonyl (C=O) groups excluding carboxylic acids is 1. The van der Waals surface area contributed by atoms with Crippen LogP contribution >= 0.6 is 0 Å². The number of fused-ring (bicyclic) bond motifs is 5. The molecule has 250 valence electrons. The maximum absolute atomic E-state index is 12.7. The molecule has 0 saturated heterocycles. The van der Waals surface area contributed by atoms with Crippen molar-refractivity contribution in [2.45, 2.75) is 109 Å². The largest absolute Gasteiger partial charge is 0.748 e. The first-order valence-corrected chi connectivity index (χ1v) is 18.2. The van der Waals surface area contributed by atoms with Gasteiger partial charge in [-0.05, 0) is 97.7 Å². The molecule has 9 unspecified atom stereocenters. The molecule has 43 heavy (non-hydrogen) atoms. The summed E-state index contributed by atoms with van der Waals surface area (Å²) >= 11 is 0. The number of carbonyl (C=O) groups is 1. The van der Waals surface area contributed by atoms with Crippen LogP contribution in [0.3, 0.4) is 0 Å². The normalized spacial score (nSPS) is 41.1. The summed E-state index contributed by atoms with van der Waals surface area (Å²) in [5.74, 6) is 0.749. The van der Waals surface area contributed by atoms with Crippen molar-refractivity contribution in [2.75, 3.05) is 39.5 Å². The van der Waals surface area contributed by atoms with Gasteiger partial charge < -0.3 is 34.8 Å². The van der Waals surface area contributed by atoms with Gasteiger partial charge in [-0.1, -0.05) is 20.8 Å². The molecule has 0 spiro atoms. The van der Waals surface area contributed by atoms with Crippen LogP contribution in [0.15, 0.2) is 0 Å². The topological polar surface area (TPSA) is 167 Å². The lowest BCUT2D eigenvalue weighted by Crippen LogP contribution is -2.62. The third kappa shape index (κ3) is 7.60. The molecule has 12 atom stereocenters. The molecule has 4 saturated carbocycles. The standard InChI is InChI=1S/C32H58N2O8S/c1-20(7-10-29(39)33-13-6-14-34(4,5)18-23(36)19-43(40,41)42)24-8-9-25-30-26(17-28(38)32(24,25)3)31(2)12-11-22(35)15-21(31)16-27(30)37/h20-28,30,35-38H,6-19H2,1-5H3,(H-,33,39,40,41,42)/t20?,21?,22-,23?,24?,25?,26?,27-,28+,30?,31?,32?/m1/s1. The number of nitrogens with one attached hydrogen (secondary N) is 1. The number of aliphatic hydroxyl groups is 4. The predicted molar refractivity (Wildman–Crippen MR) is 162 cm³/mol. The molecule has 4 aliphatic carbocycles. The van der Waals surface area contributed by atoms with Crippen LogP contribution in [0, 0.1) is 46.3 Å². The second-order valence-electron chi connectivity index (χ2n) is 16.0. The Bertz CT molecular complexity index is 1090. The molecule has 0 radical (unpaired) electrons. The summed E-state index contributed by atoms with van der Waals surface area (Å²) in [6, 6.07) is 0. The summed E-state index contributed by atoms with van der Waals surface area (Å²) < 4.78 is 33.0. The second kappa shape index (κ2) is 13.1. The minimum absolute atomic E-state index is 0.0141. The van der Waals surface area contributed by atoms with Crippen LogP contribution in [0.4, 0.5) is 0 Å². The van der Waals surface area contributed by atoms with E-state index in [0.29, 0.717) is 42.8 Å². The molecule has 4 rings (SSSR count). The van der Waals surface area contributed by atoms with Gasteiger partial charge in [0.15, 0.2) is 0 Å². The number of amides is 1. The summed E-state index contributed by atoms with van der Waals surface area (Å²) in [6.45, 7) is 8.02. The van der Waals surface area contributed by atoms with Crippen LogP contribution in [0.25, 0.3) is 0 Å². The summed E-state index contributed by atoms with van der Waals surface area (Å²) in [5.41, 5.74) is -0.229. The van der Waals surface area contributed by atoms with E-state index in [1.165, 1.54) is 0 Å². The maximum atomic E-state index is 12.7. The van der Waals surface area contributed by atoms with Crippen molar-refractivity contribution >= 4 is 16.0 Å². The first-order chi connectivity index (χ1) is 19.9. The molecular weight excluding hydrogens is 572 g/mol. The van der Waals surface area contributed by atoms with Crippen molar-refractivity contribution in [2.24, 2.45) is 46.3 Å². The van der Waals surface area contributed by atoms with Crippen molar-refractivity contribution in [3.63, 3.8) is 0 Å². The zero-order chi connectivity index (χ0) is 32.0. The summed E-state index contributed by atoms with van der Waals surface area (Å²) in [6.07, 6.45) is 5.44. The third-order valence-corrected chi connectivity index (χ3v) is 13.5. The third-order valence-electron chi connectivity index (χ3n) is 12.7. The summed E-state index contributed by atoms with van der Waals surface area (Å²) in [7, 11) is -0.775. The first kappa shape index (κ1) is 35.0. The second-order valence-corrected chi connectivity index (χ2v) is 17.4. The Morgan fingerprint density at radius 3 is 2.44 bits per heavy atom. The Hall–Kier alpha value is -0.820. The fraction of sp³-hybridized carbons (Fsp3) is 0.969. The number of nitrogens with zero attached hydrogens (tertiary/aromatic N) is 1. The van der Waals surface area contributed by atoms with Gasteiger partial charge in [0.25, 0.3) is 0 Å². The lowest BCUT2D eigenvalue weighted by Gasteiger charge is -2.63. The Morgan fingerprint density at radius 2 is 1.77 bits per heavy atom. The highest BCUT2D eigenvalue weighted by molar-refractivity contribution is 7.85. The Kier molecular flexibility index (Phi) is 10.7. The Morgan fingerprint density at radius 1 is 1.07 bits per heavy atom. The highest BCUT2D eigenvalue weighted by atomic mass is 32.2. The van der Waals surface area contributed by atoms with Crippen LogP contribution in [-0.4, -0.2) is 108 Å². The van der Waals surface area contributed by atoms with Crippen molar-refractivity contribution in [1.82, 2.24) is 5.32 Å². The van der Waals surface area contributed by atoms with E-state index in [0.717, 1.165) is 44.9 Å². The average molecular weight is 631 g/mol. The fourth-order valence-electron chi connectivity index (χ4n) is 10.5. The number of quaternary nitrogens is 1. The van der Waals surface area contributed by atoms with Gasteiger partial charge in [0.1, 0.15) is 12.6 Å². The van der Waals surface area contributed by atoms with Gasteiger partial charge in [0.2, 0.25) is 5.91 Å². The molecule has 4 fully saturated rings. The van der Waals surface area contributed by atoms with Crippen LogP contribution in [0.5, 0.6) is 0 Å². The monoisotopic (exact) mass is 630 g/mol. The van der Waals surface area contributed by atoms with E-state index in [-0.39, 0.29) is 59.0 Å². The predicted octanol–water partition coefficient (Wildman–Crippen LogP) is 1.85. The highest BCUT2D eigenvalue weighted by Gasteiger charge is 2.65. The van der Waals surface area contributed by atoms with Crippen molar-refractivity contribution in [3.05, 3.63) is 0 Å².